The molecule has 1 aliphatic heterocycles. The molecule has 0 saturated carbocycles. The van der Waals surface area contributed by atoms with Crippen LogP contribution in [0.15, 0.2) is 53.5 Å². The van der Waals surface area contributed by atoms with Crippen LogP contribution in [-0.2, 0) is 16.1 Å². The van der Waals surface area contributed by atoms with E-state index in [0.29, 0.717) is 48.7 Å². The number of nitrogens with one attached hydrogen (secondary N) is 1. The third-order valence-electron chi connectivity index (χ3n) is 7.52. The summed E-state index contributed by atoms with van der Waals surface area (Å²) in [6.07, 6.45) is 1.28. The number of hydrogen-bond acceptors (Lipinski definition) is 8. The monoisotopic (exact) mass is 611 g/mol. The summed E-state index contributed by atoms with van der Waals surface area (Å²) in [5.74, 6) is 0.150. The van der Waals surface area contributed by atoms with Crippen molar-refractivity contribution in [1.29, 1.82) is 0 Å². The molecule has 45 heavy (non-hydrogen) atoms. The van der Waals surface area contributed by atoms with Gasteiger partial charge in [-0.3, -0.25) is 19.1 Å². The van der Waals surface area contributed by atoms with Crippen molar-refractivity contribution in [2.75, 3.05) is 31.5 Å². The number of fused-ring (bicyclic) bond motifs is 1. The lowest BCUT2D eigenvalue weighted by atomic mass is 9.97. The summed E-state index contributed by atoms with van der Waals surface area (Å²) in [5, 5.41) is 3.83. The molecule has 0 spiro atoms. The molecule has 11 nitrogen and oxygen atoms in total. The van der Waals surface area contributed by atoms with E-state index in [1.54, 1.807) is 22.1 Å². The van der Waals surface area contributed by atoms with Gasteiger partial charge in [0, 0.05) is 60.6 Å². The predicted molar refractivity (Wildman–Crippen MR) is 175 cm³/mol. The number of hydrogen-bond donors (Lipinski definition) is 1. The van der Waals surface area contributed by atoms with Gasteiger partial charge < -0.3 is 19.9 Å². The van der Waals surface area contributed by atoms with Crippen LogP contribution < -0.4 is 10.9 Å². The van der Waals surface area contributed by atoms with Crippen LogP contribution in [0.5, 0.6) is 0 Å². The van der Waals surface area contributed by atoms with Gasteiger partial charge in [0.05, 0.1) is 5.69 Å². The Bertz CT molecular complexity index is 1800. The highest BCUT2D eigenvalue weighted by Gasteiger charge is 2.28. The zero-order chi connectivity index (χ0) is 32.5. The molecule has 2 amide bonds. The maximum atomic E-state index is 14.2. The number of aryl methyl sites for hydroxylation is 2. The lowest BCUT2D eigenvalue weighted by molar-refractivity contribution is -0.133. The van der Waals surface area contributed by atoms with Crippen molar-refractivity contribution in [3.63, 3.8) is 0 Å². The van der Waals surface area contributed by atoms with Crippen LogP contribution in [0.4, 0.5) is 10.7 Å². The Morgan fingerprint density at radius 1 is 0.956 bits per heavy atom. The topological polar surface area (TPSA) is 123 Å². The van der Waals surface area contributed by atoms with Gasteiger partial charge >= 0.3 is 6.09 Å². The molecule has 4 aromatic rings. The first-order valence-corrected chi connectivity index (χ1v) is 15.3. The molecular weight excluding hydrogens is 570 g/mol. The van der Waals surface area contributed by atoms with Gasteiger partial charge in [-0.15, -0.1) is 0 Å². The van der Waals surface area contributed by atoms with Gasteiger partial charge in [0.1, 0.15) is 17.8 Å². The van der Waals surface area contributed by atoms with Gasteiger partial charge in [0.25, 0.3) is 5.56 Å². The van der Waals surface area contributed by atoms with Crippen LogP contribution in [0.2, 0.25) is 0 Å². The van der Waals surface area contributed by atoms with E-state index >= 15 is 0 Å². The molecular formula is C34H41N7O4. The maximum Gasteiger partial charge on any atom is 0.410 e. The summed E-state index contributed by atoms with van der Waals surface area (Å²) in [5.41, 5.74) is 4.32. The van der Waals surface area contributed by atoms with Crippen molar-refractivity contribution in [1.82, 2.24) is 29.3 Å². The minimum Gasteiger partial charge on any atom is -0.444 e. The SMILES string of the molecule is Cc1cccc(-c2ccc(-c3cc4cnc(NC(C)C)nc4n(CC(=O)N4CCN(C(=O)OC(C)(C)C)CC4)c3=O)c(C)c2)n1. The number of benzene rings is 1. The lowest BCUT2D eigenvalue weighted by Gasteiger charge is -2.35. The number of piperazine rings is 1. The van der Waals surface area contributed by atoms with Crippen molar-refractivity contribution < 1.29 is 14.3 Å². The summed E-state index contributed by atoms with van der Waals surface area (Å²) in [6, 6.07) is 13.7. The molecule has 3 aromatic heterocycles. The smallest absolute Gasteiger partial charge is 0.410 e. The van der Waals surface area contributed by atoms with E-state index in [9.17, 15) is 14.4 Å². The number of ether oxygens (including phenoxy) is 1. The molecule has 5 rings (SSSR count). The minimum atomic E-state index is -0.599. The van der Waals surface area contributed by atoms with E-state index in [4.69, 9.17) is 4.74 Å². The Hall–Kier alpha value is -4.80. The van der Waals surface area contributed by atoms with Crippen LogP contribution in [-0.4, -0.2) is 79.1 Å². The standard InChI is InChI=1S/C34H41N7O4/c1-21(2)36-32-35-19-25-18-27(26-12-11-24(17-22(26)3)28-10-8-9-23(4)37-28)31(43)41(30(25)38-32)20-29(42)39-13-15-40(16-14-39)33(44)45-34(5,6)7/h8-12,17-19,21H,13-16,20H2,1-7H3,(H,35,36,38). The fourth-order valence-electron chi connectivity index (χ4n) is 5.36. The predicted octanol–water partition coefficient (Wildman–Crippen LogP) is 5.04. The van der Waals surface area contributed by atoms with Crippen LogP contribution >= 0.6 is 0 Å². The summed E-state index contributed by atoms with van der Waals surface area (Å²) in [6.45, 7) is 14.5. The Labute approximate surface area is 263 Å². The van der Waals surface area contributed by atoms with Gasteiger partial charge in [-0.25, -0.2) is 9.78 Å². The van der Waals surface area contributed by atoms with Gasteiger partial charge in [-0.1, -0.05) is 18.2 Å². The fourth-order valence-corrected chi connectivity index (χ4v) is 5.36. The molecule has 1 aliphatic rings. The Morgan fingerprint density at radius 3 is 2.31 bits per heavy atom. The number of pyridine rings is 2. The van der Waals surface area contributed by atoms with Crippen molar-refractivity contribution in [3.8, 4) is 22.4 Å². The largest absolute Gasteiger partial charge is 0.444 e. The van der Waals surface area contributed by atoms with E-state index in [1.165, 1.54) is 4.57 Å². The summed E-state index contributed by atoms with van der Waals surface area (Å²) < 4.78 is 6.93. The number of anilines is 1. The number of nitrogens with zero attached hydrogens (tertiary/aromatic N) is 6. The third kappa shape index (κ3) is 7.30. The molecule has 236 valence electrons. The molecule has 0 unspecified atom stereocenters. The second-order valence-corrected chi connectivity index (χ2v) is 12.8. The third-order valence-corrected chi connectivity index (χ3v) is 7.52. The maximum absolute atomic E-state index is 14.2. The lowest BCUT2D eigenvalue weighted by Crippen LogP contribution is -2.52. The van der Waals surface area contributed by atoms with E-state index in [0.717, 1.165) is 28.1 Å². The van der Waals surface area contributed by atoms with Crippen LogP contribution in [0.25, 0.3) is 33.4 Å². The number of rotatable bonds is 6. The van der Waals surface area contributed by atoms with Crippen LogP contribution in [0.3, 0.4) is 0 Å². The highest BCUT2D eigenvalue weighted by molar-refractivity contribution is 5.85. The molecule has 0 aliphatic carbocycles. The Balaban J connectivity index is 1.48. The van der Waals surface area contributed by atoms with Crippen molar-refractivity contribution in [3.05, 3.63) is 70.3 Å². The molecule has 1 N–H and O–H groups in total. The van der Waals surface area contributed by atoms with Gasteiger partial charge in [0.2, 0.25) is 11.9 Å². The Kier molecular flexibility index (Phi) is 8.90. The average Bonchev–Trinajstić information content (AvgIpc) is 2.97. The molecule has 0 atom stereocenters. The molecule has 11 heteroatoms. The van der Waals surface area contributed by atoms with Gasteiger partial charge in [-0.2, -0.15) is 4.98 Å². The highest BCUT2D eigenvalue weighted by atomic mass is 16.6. The minimum absolute atomic E-state index is 0.0776. The van der Waals surface area contributed by atoms with E-state index in [1.807, 2.05) is 84.9 Å². The molecule has 0 bridgehead atoms. The number of aromatic nitrogens is 4. The van der Waals surface area contributed by atoms with Crippen LogP contribution in [0.1, 0.15) is 45.9 Å². The highest BCUT2D eigenvalue weighted by Crippen LogP contribution is 2.28. The summed E-state index contributed by atoms with van der Waals surface area (Å²) in [4.78, 5) is 57.4. The van der Waals surface area contributed by atoms with E-state index in [2.05, 4.69) is 20.3 Å². The summed E-state index contributed by atoms with van der Waals surface area (Å²) in [7, 11) is 0. The molecule has 1 aromatic carbocycles. The molecule has 1 fully saturated rings. The molecule has 1 saturated heterocycles. The first-order valence-electron chi connectivity index (χ1n) is 15.3. The van der Waals surface area contributed by atoms with Crippen molar-refractivity contribution >= 4 is 29.0 Å². The molecule has 0 radical (unpaired) electrons. The van der Waals surface area contributed by atoms with Gasteiger partial charge in [0.15, 0.2) is 0 Å². The number of carbonyl (C=O) groups is 2. The Morgan fingerprint density at radius 2 is 1.67 bits per heavy atom. The second-order valence-electron chi connectivity index (χ2n) is 12.8. The first kappa shape index (κ1) is 31.6. The van der Waals surface area contributed by atoms with E-state index in [-0.39, 0.29) is 24.1 Å². The first-order chi connectivity index (χ1) is 21.3. The molecule has 4 heterocycles. The average molecular weight is 612 g/mol. The fraction of sp³-hybridized carbons (Fsp3) is 0.412. The van der Waals surface area contributed by atoms with Gasteiger partial charge in [-0.05, 0) is 83.9 Å². The zero-order valence-electron chi connectivity index (χ0n) is 27.0. The van der Waals surface area contributed by atoms with Crippen molar-refractivity contribution in [2.24, 2.45) is 0 Å². The number of carbonyl (C=O) groups excluding carboxylic acids is 2. The van der Waals surface area contributed by atoms with E-state index < -0.39 is 11.7 Å². The number of amides is 2. The normalized spacial score (nSPS) is 13.8. The quantitative estimate of drug-likeness (QED) is 0.322. The zero-order valence-corrected chi connectivity index (χ0v) is 27.0. The summed E-state index contributed by atoms with van der Waals surface area (Å²) >= 11 is 0. The van der Waals surface area contributed by atoms with Crippen LogP contribution in [0, 0.1) is 13.8 Å². The van der Waals surface area contributed by atoms with Crippen molar-refractivity contribution in [2.45, 2.75) is 66.7 Å². The second kappa shape index (κ2) is 12.7.